The summed E-state index contributed by atoms with van der Waals surface area (Å²) < 4.78 is 4.89. The number of rotatable bonds is 2. The highest BCUT2D eigenvalue weighted by molar-refractivity contribution is 6.32. The molecular weight excluding hydrogens is 252 g/mol. The highest BCUT2D eigenvalue weighted by atomic mass is 35.5. The minimum atomic E-state index is -0.314. The summed E-state index contributed by atoms with van der Waals surface area (Å²) in [7, 11) is 0. The lowest BCUT2D eigenvalue weighted by molar-refractivity contribution is 0.102. The molecule has 0 aliphatic rings. The summed E-state index contributed by atoms with van der Waals surface area (Å²) in [5.41, 5.74) is 9.24. The molecule has 3 N–H and O–H groups in total. The van der Waals surface area contributed by atoms with Gasteiger partial charge in [0.05, 0.1) is 11.8 Å². The first-order valence-electron chi connectivity index (χ1n) is 5.40. The third-order valence-electron chi connectivity index (χ3n) is 2.82. The molecule has 4 nitrogen and oxygen atoms in total. The standard InChI is InChI=1S/C13H13ClN2O2/c1-7-3-4-10(15)8(2)11(7)16-13(17)9-5-6-18-12(9)14/h3-6H,15H2,1-2H3,(H,16,17). The van der Waals surface area contributed by atoms with Crippen molar-refractivity contribution in [3.8, 4) is 0 Å². The Labute approximate surface area is 110 Å². The van der Waals surface area contributed by atoms with E-state index in [2.05, 4.69) is 5.32 Å². The molecule has 5 heteroatoms. The molecule has 0 radical (unpaired) electrons. The number of aryl methyl sites for hydroxylation is 1. The molecule has 2 rings (SSSR count). The van der Waals surface area contributed by atoms with Crippen molar-refractivity contribution in [3.63, 3.8) is 0 Å². The van der Waals surface area contributed by atoms with Crippen LogP contribution in [-0.2, 0) is 0 Å². The van der Waals surface area contributed by atoms with Crippen LogP contribution in [0.3, 0.4) is 0 Å². The molecule has 1 aromatic heterocycles. The molecule has 0 aliphatic carbocycles. The second-order valence-electron chi connectivity index (χ2n) is 4.03. The Morgan fingerprint density at radius 1 is 1.33 bits per heavy atom. The molecule has 0 spiro atoms. The Bertz CT molecular complexity index is 605. The maximum atomic E-state index is 12.0. The Balaban J connectivity index is 2.33. The van der Waals surface area contributed by atoms with Crippen molar-refractivity contribution < 1.29 is 9.21 Å². The van der Waals surface area contributed by atoms with E-state index in [4.69, 9.17) is 21.8 Å². The number of benzene rings is 1. The number of nitrogens with two attached hydrogens (primary N) is 1. The molecule has 0 bridgehead atoms. The molecule has 0 aliphatic heterocycles. The fourth-order valence-electron chi connectivity index (χ4n) is 1.69. The first kappa shape index (κ1) is 12.5. The average Bonchev–Trinajstić information content (AvgIpc) is 2.76. The lowest BCUT2D eigenvalue weighted by atomic mass is 10.1. The molecule has 2 aromatic rings. The largest absolute Gasteiger partial charge is 0.452 e. The monoisotopic (exact) mass is 264 g/mol. The van der Waals surface area contributed by atoms with Crippen molar-refractivity contribution in [1.82, 2.24) is 0 Å². The van der Waals surface area contributed by atoms with Gasteiger partial charge < -0.3 is 15.5 Å². The normalized spacial score (nSPS) is 10.4. The second kappa shape index (κ2) is 4.74. The van der Waals surface area contributed by atoms with E-state index in [0.717, 1.165) is 11.1 Å². The van der Waals surface area contributed by atoms with Crippen LogP contribution in [0.15, 0.2) is 28.9 Å². The highest BCUT2D eigenvalue weighted by Gasteiger charge is 2.15. The molecule has 1 aromatic carbocycles. The summed E-state index contributed by atoms with van der Waals surface area (Å²) in [6.45, 7) is 3.76. The lowest BCUT2D eigenvalue weighted by Gasteiger charge is -2.12. The first-order valence-corrected chi connectivity index (χ1v) is 5.78. The Hall–Kier alpha value is -1.94. The van der Waals surface area contributed by atoms with E-state index in [-0.39, 0.29) is 11.1 Å². The predicted molar refractivity (Wildman–Crippen MR) is 72.0 cm³/mol. The zero-order valence-corrected chi connectivity index (χ0v) is 10.8. The predicted octanol–water partition coefficient (Wildman–Crippen LogP) is 3.38. The van der Waals surface area contributed by atoms with Gasteiger partial charge in [-0.25, -0.2) is 0 Å². The Morgan fingerprint density at radius 2 is 2.06 bits per heavy atom. The fraction of sp³-hybridized carbons (Fsp3) is 0.154. The molecule has 0 fully saturated rings. The molecule has 94 valence electrons. The Kier molecular flexibility index (Phi) is 3.30. The van der Waals surface area contributed by atoms with E-state index >= 15 is 0 Å². The fourth-order valence-corrected chi connectivity index (χ4v) is 1.89. The van der Waals surface area contributed by atoms with E-state index in [9.17, 15) is 4.79 Å². The van der Waals surface area contributed by atoms with Gasteiger partial charge in [-0.05, 0) is 48.7 Å². The molecule has 0 saturated heterocycles. The second-order valence-corrected chi connectivity index (χ2v) is 4.38. The number of halogens is 1. The van der Waals surface area contributed by atoms with Gasteiger partial charge >= 0.3 is 0 Å². The van der Waals surface area contributed by atoms with Gasteiger partial charge in [0.15, 0.2) is 0 Å². The van der Waals surface area contributed by atoms with Gasteiger partial charge in [0.1, 0.15) is 0 Å². The minimum Gasteiger partial charge on any atom is -0.452 e. The molecule has 0 saturated carbocycles. The van der Waals surface area contributed by atoms with E-state index < -0.39 is 0 Å². The maximum absolute atomic E-state index is 12.0. The molecule has 0 unspecified atom stereocenters. The van der Waals surface area contributed by atoms with Crippen molar-refractivity contribution in [1.29, 1.82) is 0 Å². The van der Waals surface area contributed by atoms with Crippen LogP contribution >= 0.6 is 11.6 Å². The van der Waals surface area contributed by atoms with Gasteiger partial charge in [-0.1, -0.05) is 6.07 Å². The molecule has 0 atom stereocenters. The van der Waals surface area contributed by atoms with Gasteiger partial charge in [-0.2, -0.15) is 0 Å². The van der Waals surface area contributed by atoms with E-state index in [0.29, 0.717) is 16.9 Å². The number of carbonyl (C=O) groups excluding carboxylic acids is 1. The van der Waals surface area contributed by atoms with Crippen molar-refractivity contribution in [2.45, 2.75) is 13.8 Å². The third-order valence-corrected chi connectivity index (χ3v) is 3.11. The number of hydrogen-bond acceptors (Lipinski definition) is 3. The zero-order chi connectivity index (χ0) is 13.3. The quantitative estimate of drug-likeness (QED) is 0.817. The highest BCUT2D eigenvalue weighted by Crippen LogP contribution is 2.26. The summed E-state index contributed by atoms with van der Waals surface area (Å²) in [4.78, 5) is 12.0. The first-order chi connectivity index (χ1) is 8.50. The molecule has 1 amide bonds. The van der Waals surface area contributed by atoms with Crippen LogP contribution in [0.1, 0.15) is 21.5 Å². The summed E-state index contributed by atoms with van der Waals surface area (Å²) in [6.07, 6.45) is 1.37. The average molecular weight is 265 g/mol. The van der Waals surface area contributed by atoms with Crippen molar-refractivity contribution >= 4 is 28.9 Å². The molecule has 18 heavy (non-hydrogen) atoms. The number of anilines is 2. The zero-order valence-electron chi connectivity index (χ0n) is 10.1. The number of carbonyl (C=O) groups is 1. The summed E-state index contributed by atoms with van der Waals surface area (Å²) in [6, 6.07) is 5.19. The number of amides is 1. The van der Waals surface area contributed by atoms with Crippen molar-refractivity contribution in [3.05, 3.63) is 46.4 Å². The summed E-state index contributed by atoms with van der Waals surface area (Å²) in [5, 5.41) is 2.87. The van der Waals surface area contributed by atoms with E-state index in [1.807, 2.05) is 26.0 Å². The summed E-state index contributed by atoms with van der Waals surface area (Å²) >= 11 is 5.76. The number of furan rings is 1. The van der Waals surface area contributed by atoms with Crippen LogP contribution in [0, 0.1) is 13.8 Å². The molecule has 1 heterocycles. The van der Waals surface area contributed by atoms with Crippen LogP contribution in [-0.4, -0.2) is 5.91 Å². The van der Waals surface area contributed by atoms with E-state index in [1.54, 1.807) is 0 Å². The number of nitrogens with one attached hydrogen (secondary N) is 1. The summed E-state index contributed by atoms with van der Waals surface area (Å²) in [5.74, 6) is -0.314. The van der Waals surface area contributed by atoms with E-state index in [1.165, 1.54) is 12.3 Å². The van der Waals surface area contributed by atoms with Gasteiger partial charge in [-0.15, -0.1) is 0 Å². The molecular formula is C13H13ClN2O2. The topological polar surface area (TPSA) is 68.3 Å². The lowest BCUT2D eigenvalue weighted by Crippen LogP contribution is -2.14. The van der Waals surface area contributed by atoms with Gasteiger partial charge in [-0.3, -0.25) is 4.79 Å². The smallest absolute Gasteiger partial charge is 0.260 e. The third kappa shape index (κ3) is 2.19. The number of hydrogen-bond donors (Lipinski definition) is 2. The maximum Gasteiger partial charge on any atom is 0.260 e. The van der Waals surface area contributed by atoms with Crippen molar-refractivity contribution in [2.24, 2.45) is 0 Å². The number of nitrogen functional groups attached to an aromatic ring is 1. The van der Waals surface area contributed by atoms with Gasteiger partial charge in [0, 0.05) is 11.4 Å². The van der Waals surface area contributed by atoms with Gasteiger partial charge in [0.25, 0.3) is 5.91 Å². The van der Waals surface area contributed by atoms with Crippen LogP contribution in [0.25, 0.3) is 0 Å². The van der Waals surface area contributed by atoms with Crippen LogP contribution in [0.2, 0.25) is 5.22 Å². The SMILES string of the molecule is Cc1ccc(N)c(C)c1NC(=O)c1ccoc1Cl. The van der Waals surface area contributed by atoms with Crippen LogP contribution in [0.5, 0.6) is 0 Å². The Morgan fingerprint density at radius 3 is 2.67 bits per heavy atom. The van der Waals surface area contributed by atoms with Gasteiger partial charge in [0.2, 0.25) is 5.22 Å². The van der Waals surface area contributed by atoms with Crippen LogP contribution in [0.4, 0.5) is 11.4 Å². The minimum absolute atomic E-state index is 0.0757. The van der Waals surface area contributed by atoms with Crippen LogP contribution < -0.4 is 11.1 Å². The van der Waals surface area contributed by atoms with Crippen molar-refractivity contribution in [2.75, 3.05) is 11.1 Å².